The van der Waals surface area contributed by atoms with Crippen LogP contribution in [0.15, 0.2) is 34.8 Å². The first kappa shape index (κ1) is 16.2. The number of halogens is 2. The fraction of sp³-hybridized carbons (Fsp3) is 0.333. The Hall–Kier alpha value is -1.19. The first-order valence-corrected chi connectivity index (χ1v) is 7.99. The molecule has 21 heavy (non-hydrogen) atoms. The van der Waals surface area contributed by atoms with E-state index < -0.39 is 0 Å². The summed E-state index contributed by atoms with van der Waals surface area (Å²) in [5, 5.41) is 3.41. The van der Waals surface area contributed by atoms with Gasteiger partial charge in [0, 0.05) is 10.0 Å². The van der Waals surface area contributed by atoms with Crippen molar-refractivity contribution in [2.45, 2.75) is 33.7 Å². The van der Waals surface area contributed by atoms with Crippen molar-refractivity contribution in [1.82, 2.24) is 5.32 Å². The third kappa shape index (κ3) is 3.53. The van der Waals surface area contributed by atoms with Crippen molar-refractivity contribution >= 4 is 15.9 Å². The van der Waals surface area contributed by atoms with Gasteiger partial charge in [-0.2, -0.15) is 0 Å². The second kappa shape index (κ2) is 6.71. The highest BCUT2D eigenvalue weighted by atomic mass is 79.9. The van der Waals surface area contributed by atoms with Crippen LogP contribution in [-0.4, -0.2) is 6.54 Å². The van der Waals surface area contributed by atoms with E-state index in [9.17, 15) is 4.39 Å². The molecular formula is C18H21BrFN. The highest BCUT2D eigenvalue weighted by Crippen LogP contribution is 2.30. The largest absolute Gasteiger partial charge is 0.306 e. The molecule has 0 saturated carbocycles. The molecule has 0 aliphatic carbocycles. The van der Waals surface area contributed by atoms with Crippen molar-refractivity contribution < 1.29 is 4.39 Å². The second-order valence-corrected chi connectivity index (χ2v) is 6.37. The van der Waals surface area contributed by atoms with Crippen molar-refractivity contribution in [3.63, 3.8) is 0 Å². The molecule has 2 aromatic rings. The normalized spacial score (nSPS) is 12.5. The zero-order valence-corrected chi connectivity index (χ0v) is 14.5. The van der Waals surface area contributed by atoms with Crippen molar-refractivity contribution in [2.24, 2.45) is 0 Å². The SMILES string of the molecule is CCNC(c1cc(C)c(C)cc1C)c1cc(Br)ccc1F. The predicted molar refractivity (Wildman–Crippen MR) is 90.3 cm³/mol. The minimum atomic E-state index is -0.179. The van der Waals surface area contributed by atoms with Gasteiger partial charge in [-0.1, -0.05) is 35.0 Å². The fourth-order valence-corrected chi connectivity index (χ4v) is 3.00. The van der Waals surface area contributed by atoms with Gasteiger partial charge in [0.2, 0.25) is 0 Å². The Balaban J connectivity index is 2.58. The van der Waals surface area contributed by atoms with Gasteiger partial charge in [0.15, 0.2) is 0 Å². The molecule has 0 bridgehead atoms. The molecular weight excluding hydrogens is 329 g/mol. The van der Waals surface area contributed by atoms with Crippen LogP contribution in [0.4, 0.5) is 4.39 Å². The van der Waals surface area contributed by atoms with E-state index in [-0.39, 0.29) is 11.9 Å². The quantitative estimate of drug-likeness (QED) is 0.798. The number of aryl methyl sites for hydroxylation is 3. The molecule has 0 fully saturated rings. The molecule has 1 atom stereocenters. The minimum absolute atomic E-state index is 0.133. The molecule has 0 heterocycles. The highest BCUT2D eigenvalue weighted by Gasteiger charge is 2.19. The average molecular weight is 350 g/mol. The summed E-state index contributed by atoms with van der Waals surface area (Å²) in [6, 6.07) is 9.31. The first-order valence-electron chi connectivity index (χ1n) is 7.20. The van der Waals surface area contributed by atoms with E-state index in [1.54, 1.807) is 6.07 Å². The van der Waals surface area contributed by atoms with Crippen molar-refractivity contribution in [1.29, 1.82) is 0 Å². The summed E-state index contributed by atoms with van der Waals surface area (Å²) in [5.41, 5.74) is 5.49. The summed E-state index contributed by atoms with van der Waals surface area (Å²) < 4.78 is 15.2. The fourth-order valence-electron chi connectivity index (χ4n) is 2.62. The van der Waals surface area contributed by atoms with Crippen molar-refractivity contribution in [2.75, 3.05) is 6.54 Å². The zero-order chi connectivity index (χ0) is 15.6. The molecule has 2 aromatic carbocycles. The lowest BCUT2D eigenvalue weighted by molar-refractivity contribution is 0.557. The van der Waals surface area contributed by atoms with Gasteiger partial charge in [0.25, 0.3) is 0 Å². The topological polar surface area (TPSA) is 12.0 Å². The van der Waals surface area contributed by atoms with Crippen LogP contribution in [0.3, 0.4) is 0 Å². The van der Waals surface area contributed by atoms with Crippen LogP contribution in [0.5, 0.6) is 0 Å². The summed E-state index contributed by atoms with van der Waals surface area (Å²) in [7, 11) is 0. The van der Waals surface area contributed by atoms with Gasteiger partial charge < -0.3 is 5.32 Å². The minimum Gasteiger partial charge on any atom is -0.306 e. The third-order valence-corrected chi connectivity index (χ3v) is 4.36. The van der Waals surface area contributed by atoms with Crippen LogP contribution >= 0.6 is 15.9 Å². The van der Waals surface area contributed by atoms with Gasteiger partial charge in [-0.25, -0.2) is 4.39 Å². The maximum Gasteiger partial charge on any atom is 0.128 e. The van der Waals surface area contributed by atoms with Crippen LogP contribution in [-0.2, 0) is 0 Å². The van der Waals surface area contributed by atoms with E-state index >= 15 is 0 Å². The molecule has 3 heteroatoms. The van der Waals surface area contributed by atoms with Gasteiger partial charge in [-0.3, -0.25) is 0 Å². The lowest BCUT2D eigenvalue weighted by Gasteiger charge is -2.23. The molecule has 0 aliphatic rings. The number of benzene rings is 2. The van der Waals surface area contributed by atoms with Gasteiger partial charge >= 0.3 is 0 Å². The monoisotopic (exact) mass is 349 g/mol. The Morgan fingerprint density at radius 1 is 1.00 bits per heavy atom. The molecule has 0 radical (unpaired) electrons. The Labute approximate surface area is 134 Å². The van der Waals surface area contributed by atoms with Crippen molar-refractivity contribution in [3.8, 4) is 0 Å². The Morgan fingerprint density at radius 2 is 1.67 bits per heavy atom. The summed E-state index contributed by atoms with van der Waals surface area (Å²) >= 11 is 3.44. The first-order chi connectivity index (χ1) is 9.93. The average Bonchev–Trinajstić information content (AvgIpc) is 2.43. The molecule has 0 saturated heterocycles. The molecule has 0 aromatic heterocycles. The van der Waals surface area contributed by atoms with Gasteiger partial charge in [-0.05, 0) is 67.8 Å². The molecule has 0 aliphatic heterocycles. The van der Waals surface area contributed by atoms with E-state index in [0.717, 1.165) is 16.6 Å². The molecule has 112 valence electrons. The molecule has 0 amide bonds. The molecule has 0 spiro atoms. The maximum absolute atomic E-state index is 14.3. The van der Waals surface area contributed by atoms with Crippen LogP contribution in [0.1, 0.15) is 40.8 Å². The number of rotatable bonds is 4. The van der Waals surface area contributed by atoms with E-state index in [0.29, 0.717) is 5.56 Å². The van der Waals surface area contributed by atoms with Crippen LogP contribution in [0.2, 0.25) is 0 Å². The summed E-state index contributed by atoms with van der Waals surface area (Å²) in [6.45, 7) is 9.11. The van der Waals surface area contributed by atoms with Crippen molar-refractivity contribution in [3.05, 3.63) is 68.4 Å². The Morgan fingerprint density at radius 3 is 2.33 bits per heavy atom. The zero-order valence-electron chi connectivity index (χ0n) is 12.9. The van der Waals surface area contributed by atoms with E-state index in [1.165, 1.54) is 22.8 Å². The van der Waals surface area contributed by atoms with Gasteiger partial charge in [-0.15, -0.1) is 0 Å². The van der Waals surface area contributed by atoms with E-state index in [1.807, 2.05) is 13.0 Å². The van der Waals surface area contributed by atoms with E-state index in [2.05, 4.69) is 54.2 Å². The molecule has 1 unspecified atom stereocenters. The number of hydrogen-bond acceptors (Lipinski definition) is 1. The maximum atomic E-state index is 14.3. The van der Waals surface area contributed by atoms with Crippen LogP contribution < -0.4 is 5.32 Å². The lowest BCUT2D eigenvalue weighted by atomic mass is 9.91. The number of nitrogens with one attached hydrogen (secondary N) is 1. The van der Waals surface area contributed by atoms with Gasteiger partial charge in [0.1, 0.15) is 5.82 Å². The molecule has 2 rings (SSSR count). The van der Waals surface area contributed by atoms with Crippen LogP contribution in [0.25, 0.3) is 0 Å². The van der Waals surface area contributed by atoms with Crippen LogP contribution in [0, 0.1) is 26.6 Å². The van der Waals surface area contributed by atoms with E-state index in [4.69, 9.17) is 0 Å². The Kier molecular flexibility index (Phi) is 5.17. The standard InChI is InChI=1S/C18H21BrFN/c1-5-21-18(16-10-14(19)6-7-17(16)20)15-9-12(3)11(2)8-13(15)4/h6-10,18,21H,5H2,1-4H3. The van der Waals surface area contributed by atoms with Gasteiger partial charge in [0.05, 0.1) is 6.04 Å². The number of hydrogen-bond donors (Lipinski definition) is 1. The second-order valence-electron chi connectivity index (χ2n) is 5.45. The lowest BCUT2D eigenvalue weighted by Crippen LogP contribution is -2.24. The highest BCUT2D eigenvalue weighted by molar-refractivity contribution is 9.10. The Bertz CT molecular complexity index is 652. The summed E-state index contributed by atoms with van der Waals surface area (Å²) in [6.07, 6.45) is 0. The molecule has 1 N–H and O–H groups in total. The molecule has 1 nitrogen and oxygen atoms in total. The summed E-state index contributed by atoms with van der Waals surface area (Å²) in [4.78, 5) is 0. The smallest absolute Gasteiger partial charge is 0.128 e. The summed E-state index contributed by atoms with van der Waals surface area (Å²) in [5.74, 6) is -0.179. The predicted octanol–water partition coefficient (Wildman–Crippen LogP) is 5.21. The third-order valence-electron chi connectivity index (χ3n) is 3.87.